The van der Waals surface area contributed by atoms with E-state index in [1.807, 2.05) is 40.8 Å². The van der Waals surface area contributed by atoms with Crippen molar-refractivity contribution in [3.05, 3.63) is 35.8 Å². The zero-order valence-corrected chi connectivity index (χ0v) is 15.4. The van der Waals surface area contributed by atoms with Crippen molar-refractivity contribution < 1.29 is 4.79 Å². The second kappa shape index (κ2) is 6.11. The number of carbonyl (C=O) groups is 1. The molecule has 4 heterocycles. The van der Waals surface area contributed by atoms with Crippen LogP contribution in [-0.2, 0) is 0 Å². The quantitative estimate of drug-likeness (QED) is 0.788. The molecule has 0 radical (unpaired) electrons. The molecule has 0 N–H and O–H groups in total. The van der Waals surface area contributed by atoms with E-state index < -0.39 is 0 Å². The van der Waals surface area contributed by atoms with Crippen LogP contribution in [0.2, 0.25) is 0 Å². The number of amides is 1. The van der Waals surface area contributed by atoms with Gasteiger partial charge in [0.2, 0.25) is 0 Å². The maximum absolute atomic E-state index is 13.1. The van der Waals surface area contributed by atoms with E-state index in [0.717, 1.165) is 56.8 Å². The molecule has 1 spiro atoms. The van der Waals surface area contributed by atoms with Crippen molar-refractivity contribution >= 4 is 11.6 Å². The van der Waals surface area contributed by atoms with Gasteiger partial charge in [0.1, 0.15) is 11.3 Å². The van der Waals surface area contributed by atoms with Crippen LogP contribution in [0.3, 0.4) is 0 Å². The van der Waals surface area contributed by atoms with Gasteiger partial charge in [0.05, 0.1) is 0 Å². The minimum absolute atomic E-state index is 0.0644. The lowest BCUT2D eigenvalue weighted by Crippen LogP contribution is -2.65. The average molecular weight is 341 g/mol. The lowest BCUT2D eigenvalue weighted by molar-refractivity contribution is -0.0172. The van der Waals surface area contributed by atoms with Gasteiger partial charge in [-0.25, -0.2) is 4.98 Å². The van der Waals surface area contributed by atoms with Crippen molar-refractivity contribution in [2.75, 3.05) is 46.8 Å². The maximum Gasteiger partial charge on any atom is 0.274 e. The van der Waals surface area contributed by atoms with Crippen LogP contribution < -0.4 is 0 Å². The molecule has 2 fully saturated rings. The third kappa shape index (κ3) is 2.83. The maximum atomic E-state index is 13.1. The van der Waals surface area contributed by atoms with Gasteiger partial charge in [-0.3, -0.25) is 9.69 Å². The van der Waals surface area contributed by atoms with E-state index in [9.17, 15) is 4.79 Å². The first-order valence-corrected chi connectivity index (χ1v) is 9.12. The van der Waals surface area contributed by atoms with Gasteiger partial charge in [0.15, 0.2) is 0 Å². The highest BCUT2D eigenvalue weighted by Gasteiger charge is 2.43. The Labute approximate surface area is 149 Å². The van der Waals surface area contributed by atoms with Crippen LogP contribution in [0.25, 0.3) is 5.65 Å². The van der Waals surface area contributed by atoms with E-state index in [2.05, 4.69) is 28.9 Å². The van der Waals surface area contributed by atoms with Crippen LogP contribution in [0, 0.1) is 6.92 Å². The summed E-state index contributed by atoms with van der Waals surface area (Å²) >= 11 is 0. The molecule has 0 aliphatic carbocycles. The van der Waals surface area contributed by atoms with Gasteiger partial charge in [0, 0.05) is 37.6 Å². The van der Waals surface area contributed by atoms with Crippen molar-refractivity contribution in [2.45, 2.75) is 25.3 Å². The van der Waals surface area contributed by atoms with Crippen LogP contribution in [0.4, 0.5) is 0 Å². The average Bonchev–Trinajstić information content (AvgIpc) is 3.05. The highest BCUT2D eigenvalue weighted by molar-refractivity contribution is 5.93. The van der Waals surface area contributed by atoms with E-state index in [0.29, 0.717) is 5.69 Å². The standard InChI is InChI=1S/C19H27N5O/c1-15-5-4-8-23-13-16(20-17(15)23)18(25)24-12-11-22(3)19(14-24)6-9-21(2)10-7-19/h4-5,8,13H,6-7,9-12,14H2,1-3H3. The molecule has 0 saturated carbocycles. The number of nitrogens with zero attached hydrogens (tertiary/aromatic N) is 5. The number of carbonyl (C=O) groups excluding carboxylic acids is 1. The van der Waals surface area contributed by atoms with E-state index >= 15 is 0 Å². The number of likely N-dealkylation sites (N-methyl/N-ethyl adjacent to an activating group) is 1. The molecule has 2 aromatic rings. The lowest BCUT2D eigenvalue weighted by Gasteiger charge is -2.52. The molecule has 4 rings (SSSR count). The summed E-state index contributed by atoms with van der Waals surface area (Å²) in [7, 11) is 4.39. The summed E-state index contributed by atoms with van der Waals surface area (Å²) in [6.07, 6.45) is 6.06. The minimum Gasteiger partial charge on any atom is -0.334 e. The van der Waals surface area contributed by atoms with E-state index in [-0.39, 0.29) is 11.4 Å². The van der Waals surface area contributed by atoms with Crippen molar-refractivity contribution in [1.82, 2.24) is 24.1 Å². The molecule has 1 amide bonds. The number of hydrogen-bond acceptors (Lipinski definition) is 4. The van der Waals surface area contributed by atoms with E-state index in [1.165, 1.54) is 0 Å². The zero-order chi connectivity index (χ0) is 17.6. The number of piperidine rings is 1. The molecule has 0 bridgehead atoms. The Balaban J connectivity index is 1.58. The molecule has 2 saturated heterocycles. The summed E-state index contributed by atoms with van der Waals surface area (Å²) in [6, 6.07) is 4.02. The van der Waals surface area contributed by atoms with Crippen molar-refractivity contribution in [2.24, 2.45) is 0 Å². The Hall–Kier alpha value is -1.92. The topological polar surface area (TPSA) is 44.1 Å². The first-order chi connectivity index (χ1) is 12.0. The van der Waals surface area contributed by atoms with Gasteiger partial charge in [-0.1, -0.05) is 6.07 Å². The van der Waals surface area contributed by atoms with Gasteiger partial charge in [-0.2, -0.15) is 0 Å². The Bertz CT molecular complexity index is 790. The Morgan fingerprint density at radius 3 is 2.64 bits per heavy atom. The molecule has 0 atom stereocenters. The summed E-state index contributed by atoms with van der Waals surface area (Å²) in [5.74, 6) is 0.0644. The number of piperazine rings is 1. The number of aryl methyl sites for hydroxylation is 1. The van der Waals surface area contributed by atoms with Gasteiger partial charge >= 0.3 is 0 Å². The molecule has 2 aromatic heterocycles. The number of imidazole rings is 1. The monoisotopic (exact) mass is 341 g/mol. The third-order valence-electron chi connectivity index (χ3n) is 6.10. The SMILES string of the molecule is Cc1cccn2cc(C(=O)N3CCN(C)C4(CCN(C)CC4)C3)nc12. The van der Waals surface area contributed by atoms with Crippen LogP contribution in [0.5, 0.6) is 0 Å². The van der Waals surface area contributed by atoms with Gasteiger partial charge in [-0.15, -0.1) is 0 Å². The largest absolute Gasteiger partial charge is 0.334 e. The minimum atomic E-state index is 0.0644. The molecular weight excluding hydrogens is 314 g/mol. The predicted octanol–water partition coefficient (Wildman–Crippen LogP) is 1.49. The fourth-order valence-electron chi connectivity index (χ4n) is 4.23. The highest BCUT2D eigenvalue weighted by atomic mass is 16.2. The Morgan fingerprint density at radius 2 is 1.92 bits per heavy atom. The number of rotatable bonds is 1. The Kier molecular flexibility index (Phi) is 4.04. The molecule has 6 heteroatoms. The van der Waals surface area contributed by atoms with E-state index in [1.54, 1.807) is 0 Å². The van der Waals surface area contributed by atoms with Crippen LogP contribution in [-0.4, -0.2) is 82.3 Å². The van der Waals surface area contributed by atoms with Gasteiger partial charge < -0.3 is 14.2 Å². The van der Waals surface area contributed by atoms with Crippen molar-refractivity contribution in [3.63, 3.8) is 0 Å². The summed E-state index contributed by atoms with van der Waals surface area (Å²) in [4.78, 5) is 24.6. The molecule has 134 valence electrons. The predicted molar refractivity (Wildman–Crippen MR) is 97.9 cm³/mol. The summed E-state index contributed by atoms with van der Waals surface area (Å²) < 4.78 is 1.95. The fourth-order valence-corrected chi connectivity index (χ4v) is 4.23. The molecule has 6 nitrogen and oxygen atoms in total. The van der Waals surface area contributed by atoms with E-state index in [4.69, 9.17) is 0 Å². The summed E-state index contributed by atoms with van der Waals surface area (Å²) in [5.41, 5.74) is 2.64. The number of likely N-dealkylation sites (tertiary alicyclic amines) is 1. The first-order valence-electron chi connectivity index (χ1n) is 9.12. The Morgan fingerprint density at radius 1 is 1.16 bits per heavy atom. The normalized spacial score (nSPS) is 22.0. The van der Waals surface area contributed by atoms with Crippen LogP contribution in [0.1, 0.15) is 28.9 Å². The fraction of sp³-hybridized carbons (Fsp3) is 0.579. The lowest BCUT2D eigenvalue weighted by atomic mass is 9.84. The number of hydrogen-bond donors (Lipinski definition) is 0. The molecule has 2 aliphatic heterocycles. The first kappa shape index (κ1) is 16.5. The molecule has 2 aliphatic rings. The summed E-state index contributed by atoms with van der Waals surface area (Å²) in [6.45, 7) is 6.74. The molecular formula is C19H27N5O. The molecule has 25 heavy (non-hydrogen) atoms. The summed E-state index contributed by atoms with van der Waals surface area (Å²) in [5, 5.41) is 0. The number of fused-ring (bicyclic) bond motifs is 1. The molecule has 0 aromatic carbocycles. The van der Waals surface area contributed by atoms with Gasteiger partial charge in [0.25, 0.3) is 5.91 Å². The van der Waals surface area contributed by atoms with Gasteiger partial charge in [-0.05, 0) is 58.6 Å². The molecule has 0 unspecified atom stereocenters. The van der Waals surface area contributed by atoms with Crippen LogP contribution in [0.15, 0.2) is 24.5 Å². The zero-order valence-electron chi connectivity index (χ0n) is 15.4. The smallest absolute Gasteiger partial charge is 0.274 e. The van der Waals surface area contributed by atoms with Crippen molar-refractivity contribution in [3.8, 4) is 0 Å². The second-order valence-electron chi connectivity index (χ2n) is 7.72. The van der Waals surface area contributed by atoms with Crippen LogP contribution >= 0.6 is 0 Å². The number of aromatic nitrogens is 2. The van der Waals surface area contributed by atoms with Crippen molar-refractivity contribution in [1.29, 1.82) is 0 Å². The third-order valence-corrected chi connectivity index (χ3v) is 6.10. The highest BCUT2D eigenvalue weighted by Crippen LogP contribution is 2.31. The second-order valence-corrected chi connectivity index (χ2v) is 7.72. The number of pyridine rings is 1.